The van der Waals surface area contributed by atoms with Crippen LogP contribution in [-0.2, 0) is 14.4 Å². The summed E-state index contributed by atoms with van der Waals surface area (Å²) >= 11 is 3.19. The lowest BCUT2D eigenvalue weighted by atomic mass is 9.90. The van der Waals surface area contributed by atoms with Crippen LogP contribution in [0.25, 0.3) is 0 Å². The van der Waals surface area contributed by atoms with Gasteiger partial charge in [-0.25, -0.2) is 18.7 Å². The Morgan fingerprint density at radius 2 is 1.55 bits per heavy atom. The van der Waals surface area contributed by atoms with Crippen molar-refractivity contribution in [3.05, 3.63) is 94.5 Å². The van der Waals surface area contributed by atoms with E-state index in [2.05, 4.69) is 15.9 Å². The van der Waals surface area contributed by atoms with Gasteiger partial charge in [-0.3, -0.25) is 14.4 Å². The molecule has 8 heteroatoms. The minimum absolute atomic E-state index is 0.244. The summed E-state index contributed by atoms with van der Waals surface area (Å²) in [7, 11) is 0. The predicted octanol–water partition coefficient (Wildman–Crippen LogP) is 4.78. The maximum Gasteiger partial charge on any atom is 0.266 e. The molecule has 2 heterocycles. The highest BCUT2D eigenvalue weighted by Gasteiger charge is 2.60. The fraction of sp³-hybridized carbons (Fsp3) is 0.130. The van der Waals surface area contributed by atoms with Crippen LogP contribution < -0.4 is 9.96 Å². The lowest BCUT2D eigenvalue weighted by Crippen LogP contribution is -2.37. The summed E-state index contributed by atoms with van der Waals surface area (Å²) in [6, 6.07) is 18.0. The predicted molar refractivity (Wildman–Crippen MR) is 113 cm³/mol. The van der Waals surface area contributed by atoms with Gasteiger partial charge in [0.1, 0.15) is 17.6 Å². The van der Waals surface area contributed by atoms with E-state index < -0.39 is 41.5 Å². The van der Waals surface area contributed by atoms with Crippen LogP contribution in [0.15, 0.2) is 77.3 Å². The van der Waals surface area contributed by atoms with E-state index in [1.165, 1.54) is 35.4 Å². The Labute approximate surface area is 184 Å². The minimum atomic E-state index is -1.05. The molecule has 2 saturated heterocycles. The van der Waals surface area contributed by atoms with Crippen LogP contribution in [0.1, 0.15) is 11.6 Å². The molecule has 2 aliphatic heterocycles. The van der Waals surface area contributed by atoms with Gasteiger partial charge < -0.3 is 0 Å². The molecule has 0 unspecified atom stereocenters. The molecular formula is C23H15BrF2N2O3. The zero-order valence-electron chi connectivity index (χ0n) is 15.9. The van der Waals surface area contributed by atoms with E-state index in [-0.39, 0.29) is 10.2 Å². The summed E-state index contributed by atoms with van der Waals surface area (Å²) in [6.07, 6.45) is -1.05. The fourth-order valence-electron chi connectivity index (χ4n) is 4.09. The largest absolute Gasteiger partial charge is 0.273 e. The topological polar surface area (TPSA) is 49.9 Å². The van der Waals surface area contributed by atoms with Crippen molar-refractivity contribution in [3.8, 4) is 0 Å². The summed E-state index contributed by atoms with van der Waals surface area (Å²) in [5, 5.41) is 1.53. The van der Waals surface area contributed by atoms with Gasteiger partial charge in [0.05, 0.1) is 21.9 Å². The zero-order valence-corrected chi connectivity index (χ0v) is 17.5. The van der Waals surface area contributed by atoms with Crippen LogP contribution in [0.2, 0.25) is 0 Å². The van der Waals surface area contributed by atoms with Gasteiger partial charge in [0, 0.05) is 0 Å². The number of amides is 2. The molecule has 0 N–H and O–H groups in total. The van der Waals surface area contributed by atoms with Gasteiger partial charge in [0.2, 0.25) is 5.91 Å². The van der Waals surface area contributed by atoms with Crippen molar-refractivity contribution >= 4 is 39.1 Å². The Hall–Kier alpha value is -3.10. The second-order valence-corrected chi connectivity index (χ2v) is 8.17. The first-order valence-corrected chi connectivity index (χ1v) is 10.3. The number of imide groups is 1. The first kappa shape index (κ1) is 19.8. The van der Waals surface area contributed by atoms with E-state index >= 15 is 0 Å². The molecular weight excluding hydrogens is 470 g/mol. The second kappa shape index (κ2) is 7.55. The van der Waals surface area contributed by atoms with Crippen LogP contribution in [0.4, 0.5) is 20.2 Å². The molecule has 0 bridgehead atoms. The summed E-state index contributed by atoms with van der Waals surface area (Å²) in [5.41, 5.74) is 1.56. The highest BCUT2D eigenvalue weighted by Crippen LogP contribution is 2.47. The number of para-hydroxylation sites is 1. The quantitative estimate of drug-likeness (QED) is 0.502. The van der Waals surface area contributed by atoms with Gasteiger partial charge in [0.25, 0.3) is 5.91 Å². The van der Waals surface area contributed by atoms with Crippen LogP contribution in [0, 0.1) is 17.6 Å². The summed E-state index contributed by atoms with van der Waals surface area (Å²) < 4.78 is 27.5. The van der Waals surface area contributed by atoms with E-state index in [0.717, 1.165) is 4.90 Å². The number of hydrogen-bond acceptors (Lipinski definition) is 4. The van der Waals surface area contributed by atoms with E-state index in [1.54, 1.807) is 24.3 Å². The van der Waals surface area contributed by atoms with Crippen molar-refractivity contribution in [1.82, 2.24) is 0 Å². The zero-order chi connectivity index (χ0) is 21.7. The van der Waals surface area contributed by atoms with E-state index in [4.69, 9.17) is 4.84 Å². The first-order chi connectivity index (χ1) is 15.0. The number of hydrogen-bond donors (Lipinski definition) is 0. The maximum absolute atomic E-state index is 13.9. The number of rotatable bonds is 3. The molecule has 3 atom stereocenters. The minimum Gasteiger partial charge on any atom is -0.273 e. The molecule has 156 valence electrons. The summed E-state index contributed by atoms with van der Waals surface area (Å²) in [6.45, 7) is 0. The van der Waals surface area contributed by atoms with Crippen molar-refractivity contribution in [2.45, 2.75) is 12.1 Å². The SMILES string of the molecule is O=C1[C@@H]2[C@@H](ON(c3ccccc3)[C@H]2c2ccc(F)c(Br)c2)C(=O)N1c1ccc(F)cc1. The van der Waals surface area contributed by atoms with Gasteiger partial charge in [-0.15, -0.1) is 0 Å². The summed E-state index contributed by atoms with van der Waals surface area (Å²) in [4.78, 5) is 33.6. The van der Waals surface area contributed by atoms with Crippen molar-refractivity contribution in [1.29, 1.82) is 0 Å². The van der Waals surface area contributed by atoms with Gasteiger partial charge in [0.15, 0.2) is 6.10 Å². The van der Waals surface area contributed by atoms with Crippen LogP contribution in [0.3, 0.4) is 0 Å². The second-order valence-electron chi connectivity index (χ2n) is 7.32. The lowest BCUT2D eigenvalue weighted by Gasteiger charge is -2.29. The van der Waals surface area contributed by atoms with Crippen molar-refractivity contribution in [2.24, 2.45) is 5.92 Å². The molecule has 0 spiro atoms. The molecule has 2 fully saturated rings. The van der Waals surface area contributed by atoms with Gasteiger partial charge in [-0.1, -0.05) is 24.3 Å². The van der Waals surface area contributed by atoms with Crippen LogP contribution in [0.5, 0.6) is 0 Å². The normalized spacial score (nSPS) is 22.9. The Morgan fingerprint density at radius 1 is 0.839 bits per heavy atom. The molecule has 5 nitrogen and oxygen atoms in total. The molecule has 5 rings (SSSR count). The average Bonchev–Trinajstić information content (AvgIpc) is 3.28. The van der Waals surface area contributed by atoms with Crippen molar-refractivity contribution in [3.63, 3.8) is 0 Å². The number of benzene rings is 3. The Bertz CT molecular complexity index is 1170. The van der Waals surface area contributed by atoms with Crippen molar-refractivity contribution < 1.29 is 23.2 Å². The van der Waals surface area contributed by atoms with E-state index in [0.29, 0.717) is 11.3 Å². The first-order valence-electron chi connectivity index (χ1n) is 9.55. The van der Waals surface area contributed by atoms with Gasteiger partial charge in [-0.2, -0.15) is 0 Å². The summed E-state index contributed by atoms with van der Waals surface area (Å²) in [5.74, 6) is -2.73. The average molecular weight is 485 g/mol. The third kappa shape index (κ3) is 3.23. The van der Waals surface area contributed by atoms with Crippen molar-refractivity contribution in [2.75, 3.05) is 9.96 Å². The number of halogens is 3. The third-order valence-corrected chi connectivity index (χ3v) is 6.10. The number of hydroxylamine groups is 1. The third-order valence-electron chi connectivity index (χ3n) is 5.50. The molecule has 0 saturated carbocycles. The lowest BCUT2D eigenvalue weighted by molar-refractivity contribution is -0.126. The smallest absolute Gasteiger partial charge is 0.266 e. The molecule has 0 aliphatic carbocycles. The monoisotopic (exact) mass is 484 g/mol. The Balaban J connectivity index is 1.60. The number of anilines is 2. The Morgan fingerprint density at radius 3 is 2.23 bits per heavy atom. The fourth-order valence-corrected chi connectivity index (χ4v) is 4.49. The molecule has 0 radical (unpaired) electrons. The number of nitrogens with zero attached hydrogens (tertiary/aromatic N) is 2. The highest BCUT2D eigenvalue weighted by molar-refractivity contribution is 9.10. The Kier molecular flexibility index (Phi) is 4.83. The maximum atomic E-state index is 13.9. The molecule has 2 amide bonds. The standard InChI is InChI=1S/C23H15BrF2N2O3/c24-17-12-13(6-11-18(17)26)20-19-21(31-28(20)16-4-2-1-3-5-16)23(30)27(22(19)29)15-9-7-14(25)8-10-15/h1-12,19-21H/t19-,20-,21+/m0/s1. The highest BCUT2D eigenvalue weighted by atomic mass is 79.9. The van der Waals surface area contributed by atoms with Crippen LogP contribution >= 0.6 is 15.9 Å². The molecule has 0 aromatic heterocycles. The molecule has 3 aromatic carbocycles. The molecule has 3 aromatic rings. The van der Waals surface area contributed by atoms with Gasteiger partial charge >= 0.3 is 0 Å². The molecule has 31 heavy (non-hydrogen) atoms. The number of fused-ring (bicyclic) bond motifs is 1. The molecule has 2 aliphatic rings. The number of carbonyl (C=O) groups excluding carboxylic acids is 2. The number of carbonyl (C=O) groups is 2. The van der Waals surface area contributed by atoms with E-state index in [1.807, 2.05) is 18.2 Å². The van der Waals surface area contributed by atoms with Crippen LogP contribution in [-0.4, -0.2) is 17.9 Å². The van der Waals surface area contributed by atoms with E-state index in [9.17, 15) is 18.4 Å². The van der Waals surface area contributed by atoms with Gasteiger partial charge in [-0.05, 0) is 70.0 Å².